The summed E-state index contributed by atoms with van der Waals surface area (Å²) < 4.78 is 0. The Labute approximate surface area is 185 Å². The first kappa shape index (κ1) is 29.6. The van der Waals surface area contributed by atoms with Crippen LogP contribution >= 0.6 is 0 Å². The van der Waals surface area contributed by atoms with Crippen LogP contribution in [0.2, 0.25) is 0 Å². The number of carboxylic acids is 4. The van der Waals surface area contributed by atoms with E-state index in [9.17, 15) is 19.2 Å². The SMILES string of the molecule is C1CN2CCN1CC2.CC(O)N(CC(=O)O)CC(=O)O.CC(O)N(CC(=O)O)CC(=O)O. The Morgan fingerprint density at radius 2 is 0.781 bits per heavy atom. The second kappa shape index (κ2) is 15.4. The van der Waals surface area contributed by atoms with Crippen molar-refractivity contribution < 1.29 is 49.8 Å². The Morgan fingerprint density at radius 3 is 0.875 bits per heavy atom. The normalized spacial score (nSPS) is 20.9. The molecule has 2 unspecified atom stereocenters. The zero-order valence-corrected chi connectivity index (χ0v) is 18.3. The third kappa shape index (κ3) is 14.6. The van der Waals surface area contributed by atoms with Crippen molar-refractivity contribution in [2.45, 2.75) is 26.3 Å². The molecule has 3 aliphatic heterocycles. The van der Waals surface area contributed by atoms with Gasteiger partial charge < -0.3 is 30.6 Å². The van der Waals surface area contributed by atoms with E-state index in [1.807, 2.05) is 0 Å². The molecular weight excluding hydrogens is 432 g/mol. The van der Waals surface area contributed by atoms with Crippen LogP contribution in [0.3, 0.4) is 0 Å². The van der Waals surface area contributed by atoms with Crippen LogP contribution < -0.4 is 0 Å². The highest BCUT2D eigenvalue weighted by Gasteiger charge is 2.22. The molecule has 14 heteroatoms. The molecule has 0 aromatic carbocycles. The van der Waals surface area contributed by atoms with Gasteiger partial charge in [0.05, 0.1) is 26.2 Å². The number of piperazine rings is 3. The average molecular weight is 466 g/mol. The minimum absolute atomic E-state index is 0.482. The van der Waals surface area contributed by atoms with E-state index in [-0.39, 0.29) is 0 Å². The topological polar surface area (TPSA) is 203 Å². The Bertz CT molecular complexity index is 514. The summed E-state index contributed by atoms with van der Waals surface area (Å²) in [5.74, 6) is -4.68. The van der Waals surface area contributed by atoms with E-state index < -0.39 is 62.5 Å². The van der Waals surface area contributed by atoms with Gasteiger partial charge >= 0.3 is 23.9 Å². The number of carboxylic acid groups (broad SMARTS) is 4. The van der Waals surface area contributed by atoms with Gasteiger partial charge in [0.15, 0.2) is 0 Å². The molecule has 0 radical (unpaired) electrons. The van der Waals surface area contributed by atoms with Crippen LogP contribution in [0.4, 0.5) is 0 Å². The second-order valence-corrected chi connectivity index (χ2v) is 7.33. The highest BCUT2D eigenvalue weighted by Crippen LogP contribution is 2.06. The van der Waals surface area contributed by atoms with Crippen molar-refractivity contribution in [2.24, 2.45) is 0 Å². The van der Waals surface area contributed by atoms with E-state index in [4.69, 9.17) is 30.6 Å². The van der Waals surface area contributed by atoms with Gasteiger partial charge in [-0.05, 0) is 13.8 Å². The summed E-state index contributed by atoms with van der Waals surface area (Å²) in [4.78, 5) is 47.5. The first-order valence-corrected chi connectivity index (χ1v) is 9.97. The highest BCUT2D eigenvalue weighted by atomic mass is 16.4. The molecule has 186 valence electrons. The summed E-state index contributed by atoms with van der Waals surface area (Å²) in [6, 6.07) is 0. The van der Waals surface area contributed by atoms with Crippen LogP contribution in [-0.2, 0) is 19.2 Å². The van der Waals surface area contributed by atoms with Crippen LogP contribution in [0.15, 0.2) is 0 Å². The van der Waals surface area contributed by atoms with Crippen molar-refractivity contribution in [1.82, 2.24) is 19.6 Å². The van der Waals surface area contributed by atoms with Gasteiger partial charge in [0.1, 0.15) is 12.5 Å². The minimum atomic E-state index is -1.17. The molecule has 0 aliphatic carbocycles. The first-order valence-electron chi connectivity index (χ1n) is 9.97. The molecule has 32 heavy (non-hydrogen) atoms. The van der Waals surface area contributed by atoms with Gasteiger partial charge in [-0.2, -0.15) is 0 Å². The second-order valence-electron chi connectivity index (χ2n) is 7.33. The standard InChI is InChI=1S/C6H12N2.2C6H11NO5/c1-2-8-5-3-7(1)4-6-8;2*1-4(8)7(2-5(9)10)3-6(11)12/h1-6H2;2*4,8H,2-3H2,1H3,(H,9,10)(H,11,12). The number of rotatable bonds is 10. The van der Waals surface area contributed by atoms with Crippen LogP contribution in [0, 0.1) is 0 Å². The predicted octanol–water partition coefficient (Wildman–Crippen LogP) is -2.79. The lowest BCUT2D eigenvalue weighted by molar-refractivity contribution is -0.148. The first-order chi connectivity index (χ1) is 14.8. The van der Waals surface area contributed by atoms with E-state index in [1.54, 1.807) is 0 Å². The molecule has 2 bridgehead atoms. The van der Waals surface area contributed by atoms with Crippen molar-refractivity contribution in [1.29, 1.82) is 0 Å². The molecular formula is C18H34N4O10. The lowest BCUT2D eigenvalue weighted by Gasteiger charge is -2.41. The fraction of sp³-hybridized carbons (Fsp3) is 0.778. The van der Waals surface area contributed by atoms with Crippen LogP contribution in [0.5, 0.6) is 0 Å². The van der Waals surface area contributed by atoms with E-state index >= 15 is 0 Å². The van der Waals surface area contributed by atoms with Crippen LogP contribution in [0.1, 0.15) is 13.8 Å². The van der Waals surface area contributed by atoms with Crippen molar-refractivity contribution in [3.63, 3.8) is 0 Å². The van der Waals surface area contributed by atoms with E-state index in [0.717, 1.165) is 9.80 Å². The molecule has 6 N–H and O–H groups in total. The highest BCUT2D eigenvalue weighted by molar-refractivity contribution is 5.73. The number of carbonyl (C=O) groups is 4. The molecule has 3 fully saturated rings. The summed E-state index contributed by atoms with van der Waals surface area (Å²) in [5.41, 5.74) is 0. The predicted molar refractivity (Wildman–Crippen MR) is 110 cm³/mol. The summed E-state index contributed by atoms with van der Waals surface area (Å²) >= 11 is 0. The molecule has 3 saturated heterocycles. The molecule has 0 saturated carbocycles. The molecule has 0 amide bonds. The molecule has 3 rings (SSSR count). The summed E-state index contributed by atoms with van der Waals surface area (Å²) in [7, 11) is 0. The van der Waals surface area contributed by atoms with Gasteiger partial charge in [-0.15, -0.1) is 0 Å². The average Bonchev–Trinajstić information content (AvgIpc) is 2.68. The van der Waals surface area contributed by atoms with Crippen molar-refractivity contribution >= 4 is 23.9 Å². The number of hydrogen-bond donors (Lipinski definition) is 6. The number of nitrogens with zero attached hydrogens (tertiary/aromatic N) is 4. The lowest BCUT2D eigenvalue weighted by atomic mass is 10.2. The number of aliphatic hydroxyl groups is 2. The fourth-order valence-electron chi connectivity index (χ4n) is 2.85. The van der Waals surface area contributed by atoms with E-state index in [0.29, 0.717) is 0 Å². The zero-order valence-electron chi connectivity index (χ0n) is 18.3. The fourth-order valence-corrected chi connectivity index (χ4v) is 2.85. The molecule has 0 aromatic rings. The molecule has 2 atom stereocenters. The van der Waals surface area contributed by atoms with Gasteiger partial charge in [-0.25, -0.2) is 0 Å². The third-order valence-electron chi connectivity index (χ3n) is 4.61. The maximum atomic E-state index is 10.1. The Kier molecular flexibility index (Phi) is 14.3. The smallest absolute Gasteiger partial charge is 0.317 e. The summed E-state index contributed by atoms with van der Waals surface area (Å²) in [6.07, 6.45) is -2.14. The summed E-state index contributed by atoms with van der Waals surface area (Å²) in [5, 5.41) is 51.0. The number of aliphatic hydroxyl groups excluding tert-OH is 2. The largest absolute Gasteiger partial charge is 0.480 e. The van der Waals surface area contributed by atoms with Gasteiger partial charge in [0.2, 0.25) is 0 Å². The van der Waals surface area contributed by atoms with Gasteiger partial charge in [0.25, 0.3) is 0 Å². The zero-order chi connectivity index (χ0) is 24.8. The van der Waals surface area contributed by atoms with Crippen LogP contribution in [-0.4, -0.2) is 152 Å². The Morgan fingerprint density at radius 1 is 0.594 bits per heavy atom. The molecule has 14 nitrogen and oxygen atoms in total. The number of fused-ring (bicyclic) bond motifs is 3. The maximum Gasteiger partial charge on any atom is 0.317 e. The maximum absolute atomic E-state index is 10.1. The molecule has 0 aromatic heterocycles. The van der Waals surface area contributed by atoms with Crippen molar-refractivity contribution in [3.8, 4) is 0 Å². The molecule has 3 heterocycles. The van der Waals surface area contributed by atoms with Gasteiger partial charge in [-0.1, -0.05) is 0 Å². The minimum Gasteiger partial charge on any atom is -0.480 e. The van der Waals surface area contributed by atoms with E-state index in [2.05, 4.69) is 9.80 Å². The molecule has 0 spiro atoms. The Balaban J connectivity index is 0.000000457. The number of aliphatic carboxylic acids is 4. The van der Waals surface area contributed by atoms with Gasteiger partial charge in [0, 0.05) is 39.3 Å². The lowest BCUT2D eigenvalue weighted by Crippen LogP contribution is -2.55. The third-order valence-corrected chi connectivity index (χ3v) is 4.61. The van der Waals surface area contributed by atoms with Crippen LogP contribution in [0.25, 0.3) is 0 Å². The molecule has 3 aliphatic rings. The van der Waals surface area contributed by atoms with E-state index in [1.165, 1.54) is 53.1 Å². The van der Waals surface area contributed by atoms with Crippen molar-refractivity contribution in [3.05, 3.63) is 0 Å². The Hall–Kier alpha value is -2.36. The monoisotopic (exact) mass is 466 g/mol. The van der Waals surface area contributed by atoms with Crippen molar-refractivity contribution in [2.75, 3.05) is 65.4 Å². The quantitative estimate of drug-likeness (QED) is 0.180. The summed E-state index contributed by atoms with van der Waals surface area (Å²) in [6.45, 7) is 8.61. The van der Waals surface area contributed by atoms with Gasteiger partial charge in [-0.3, -0.25) is 38.8 Å². The number of hydrogen-bond acceptors (Lipinski definition) is 10.